The lowest BCUT2D eigenvalue weighted by molar-refractivity contribution is -0.122. The van der Waals surface area contributed by atoms with Crippen LogP contribution in [0.3, 0.4) is 0 Å². The first-order chi connectivity index (χ1) is 9.99. The molecule has 4 nitrogen and oxygen atoms in total. The molecule has 1 heterocycles. The van der Waals surface area contributed by atoms with Crippen molar-refractivity contribution in [3.63, 3.8) is 0 Å². The topological polar surface area (TPSA) is 54.5 Å². The Morgan fingerprint density at radius 3 is 2.71 bits per heavy atom. The number of aryl methyl sites for hydroxylation is 1. The van der Waals surface area contributed by atoms with Gasteiger partial charge in [-0.1, -0.05) is 37.3 Å². The standard InChI is InChI=1S/C16H17NO3S/c1-3-11(9-18)7-12(19)8-17-15(20)14-10(2)5-4-6-13(14)16(17)21/h4-6,9,11H,3,7-8H2,1-2H3. The maximum Gasteiger partial charge on any atom is 0.260 e. The first-order valence-corrected chi connectivity index (χ1v) is 7.33. The van der Waals surface area contributed by atoms with E-state index in [1.165, 1.54) is 4.90 Å². The van der Waals surface area contributed by atoms with Gasteiger partial charge in [-0.05, 0) is 18.9 Å². The number of hydrogen-bond acceptors (Lipinski definition) is 4. The molecule has 110 valence electrons. The highest BCUT2D eigenvalue weighted by Gasteiger charge is 2.34. The second-order valence-corrected chi connectivity index (χ2v) is 5.63. The third-order valence-electron chi connectivity index (χ3n) is 3.75. The quantitative estimate of drug-likeness (QED) is 0.598. The molecule has 5 heteroatoms. The molecule has 0 saturated heterocycles. The molecule has 0 bridgehead atoms. The number of thiocarbonyl (C=S) groups is 1. The zero-order valence-electron chi connectivity index (χ0n) is 12.1. The number of carbonyl (C=O) groups is 3. The average molecular weight is 303 g/mol. The van der Waals surface area contributed by atoms with Crippen molar-refractivity contribution >= 4 is 35.2 Å². The molecule has 1 aliphatic heterocycles. The van der Waals surface area contributed by atoms with E-state index in [4.69, 9.17) is 12.2 Å². The van der Waals surface area contributed by atoms with Gasteiger partial charge in [0.15, 0.2) is 5.78 Å². The Labute approximate surface area is 129 Å². The Hall–Kier alpha value is -1.88. The van der Waals surface area contributed by atoms with Crippen molar-refractivity contribution in [3.05, 3.63) is 34.9 Å². The van der Waals surface area contributed by atoms with E-state index in [1.807, 2.05) is 26.0 Å². The number of rotatable bonds is 6. The highest BCUT2D eigenvalue weighted by molar-refractivity contribution is 7.80. The highest BCUT2D eigenvalue weighted by Crippen LogP contribution is 2.26. The Morgan fingerprint density at radius 2 is 2.14 bits per heavy atom. The molecule has 0 saturated carbocycles. The predicted octanol–water partition coefficient (Wildman–Crippen LogP) is 2.31. The lowest BCUT2D eigenvalue weighted by atomic mass is 10.0. The monoisotopic (exact) mass is 303 g/mol. The average Bonchev–Trinajstić information content (AvgIpc) is 2.71. The van der Waals surface area contributed by atoms with Crippen molar-refractivity contribution in [2.75, 3.05) is 6.54 Å². The van der Waals surface area contributed by atoms with Crippen molar-refractivity contribution in [2.45, 2.75) is 26.7 Å². The van der Waals surface area contributed by atoms with E-state index in [0.29, 0.717) is 22.5 Å². The maximum absolute atomic E-state index is 12.4. The van der Waals surface area contributed by atoms with Crippen LogP contribution in [0, 0.1) is 12.8 Å². The van der Waals surface area contributed by atoms with Crippen LogP contribution >= 0.6 is 12.2 Å². The molecule has 1 amide bonds. The van der Waals surface area contributed by atoms with Crippen LogP contribution in [-0.4, -0.2) is 34.4 Å². The zero-order valence-corrected chi connectivity index (χ0v) is 12.9. The maximum atomic E-state index is 12.4. The van der Waals surface area contributed by atoms with Crippen molar-refractivity contribution in [1.82, 2.24) is 4.90 Å². The van der Waals surface area contributed by atoms with Crippen LogP contribution in [0.25, 0.3) is 0 Å². The minimum Gasteiger partial charge on any atom is -0.303 e. The Kier molecular flexibility index (Phi) is 4.63. The molecule has 0 aromatic heterocycles. The molecule has 1 atom stereocenters. The fourth-order valence-electron chi connectivity index (χ4n) is 2.47. The fraction of sp³-hybridized carbons (Fsp3) is 0.375. The van der Waals surface area contributed by atoms with Gasteiger partial charge in [-0.25, -0.2) is 0 Å². The Morgan fingerprint density at radius 1 is 1.43 bits per heavy atom. The van der Waals surface area contributed by atoms with Crippen LogP contribution < -0.4 is 0 Å². The summed E-state index contributed by atoms with van der Waals surface area (Å²) in [5, 5.41) is 0. The summed E-state index contributed by atoms with van der Waals surface area (Å²) in [6.07, 6.45) is 1.57. The van der Waals surface area contributed by atoms with Crippen molar-refractivity contribution in [2.24, 2.45) is 5.92 Å². The SMILES string of the molecule is CCC(C=O)CC(=O)CN1C(=O)c2c(C)cccc2C1=S. The molecular weight excluding hydrogens is 286 g/mol. The van der Waals surface area contributed by atoms with Crippen LogP contribution in [-0.2, 0) is 9.59 Å². The van der Waals surface area contributed by atoms with Crippen LogP contribution in [0.2, 0.25) is 0 Å². The van der Waals surface area contributed by atoms with Crippen molar-refractivity contribution < 1.29 is 14.4 Å². The van der Waals surface area contributed by atoms with Gasteiger partial charge in [0.25, 0.3) is 5.91 Å². The van der Waals surface area contributed by atoms with Gasteiger partial charge in [0.1, 0.15) is 11.3 Å². The summed E-state index contributed by atoms with van der Waals surface area (Å²) in [7, 11) is 0. The van der Waals surface area contributed by atoms with E-state index < -0.39 is 0 Å². The summed E-state index contributed by atoms with van der Waals surface area (Å²) in [5.74, 6) is -0.649. The summed E-state index contributed by atoms with van der Waals surface area (Å²) in [6.45, 7) is 3.65. The number of benzene rings is 1. The van der Waals surface area contributed by atoms with Crippen LogP contribution in [0.5, 0.6) is 0 Å². The van der Waals surface area contributed by atoms with E-state index in [9.17, 15) is 14.4 Å². The summed E-state index contributed by atoms with van der Waals surface area (Å²) < 4.78 is 0. The van der Waals surface area contributed by atoms with Crippen LogP contribution in [0.1, 0.15) is 41.3 Å². The lowest BCUT2D eigenvalue weighted by Gasteiger charge is -2.16. The number of amides is 1. The number of ketones is 1. The molecule has 1 aliphatic rings. The van der Waals surface area contributed by atoms with Gasteiger partial charge in [-0.3, -0.25) is 14.5 Å². The van der Waals surface area contributed by atoms with Gasteiger partial charge in [0.2, 0.25) is 0 Å². The van der Waals surface area contributed by atoms with Crippen LogP contribution in [0.4, 0.5) is 0 Å². The first kappa shape index (κ1) is 15.5. The van der Waals surface area contributed by atoms with Gasteiger partial charge in [0, 0.05) is 17.9 Å². The van der Waals surface area contributed by atoms with Gasteiger partial charge >= 0.3 is 0 Å². The molecule has 0 spiro atoms. The normalized spacial score (nSPS) is 15.0. The Balaban J connectivity index is 2.15. The number of hydrogen-bond donors (Lipinski definition) is 0. The molecule has 2 rings (SSSR count). The summed E-state index contributed by atoms with van der Waals surface area (Å²) in [5.41, 5.74) is 2.15. The third-order valence-corrected chi connectivity index (χ3v) is 4.19. The first-order valence-electron chi connectivity index (χ1n) is 6.92. The second-order valence-electron chi connectivity index (χ2n) is 5.24. The molecule has 1 aromatic carbocycles. The summed E-state index contributed by atoms with van der Waals surface area (Å²) >= 11 is 5.30. The third kappa shape index (κ3) is 2.93. The van der Waals surface area contributed by atoms with E-state index in [-0.39, 0.29) is 30.6 Å². The van der Waals surface area contributed by atoms with Gasteiger partial charge < -0.3 is 4.79 Å². The van der Waals surface area contributed by atoms with Gasteiger partial charge in [-0.2, -0.15) is 0 Å². The highest BCUT2D eigenvalue weighted by atomic mass is 32.1. The van der Waals surface area contributed by atoms with E-state index >= 15 is 0 Å². The second kappa shape index (κ2) is 6.26. The zero-order chi connectivity index (χ0) is 15.6. The molecule has 1 unspecified atom stereocenters. The molecular formula is C16H17NO3S. The fourth-order valence-corrected chi connectivity index (χ4v) is 2.79. The van der Waals surface area contributed by atoms with Crippen LogP contribution in [0.15, 0.2) is 18.2 Å². The van der Waals surface area contributed by atoms with E-state index in [2.05, 4.69) is 0 Å². The number of nitrogens with zero attached hydrogens (tertiary/aromatic N) is 1. The molecule has 1 aromatic rings. The molecule has 0 aliphatic carbocycles. The van der Waals surface area contributed by atoms with E-state index in [1.54, 1.807) is 6.07 Å². The molecule has 21 heavy (non-hydrogen) atoms. The number of aldehydes is 1. The largest absolute Gasteiger partial charge is 0.303 e. The molecule has 0 N–H and O–H groups in total. The number of carbonyl (C=O) groups excluding carboxylic acids is 3. The minimum absolute atomic E-state index is 0.0594. The molecule has 0 fully saturated rings. The van der Waals surface area contributed by atoms with Gasteiger partial charge in [-0.15, -0.1) is 0 Å². The summed E-state index contributed by atoms with van der Waals surface area (Å²) in [4.78, 5) is 37.0. The number of Topliss-reactive ketones (excluding diaryl/α,β-unsaturated/α-hetero) is 1. The lowest BCUT2D eigenvalue weighted by Crippen LogP contribution is -2.35. The van der Waals surface area contributed by atoms with Crippen molar-refractivity contribution in [3.8, 4) is 0 Å². The number of fused-ring (bicyclic) bond motifs is 1. The summed E-state index contributed by atoms with van der Waals surface area (Å²) in [6, 6.07) is 5.50. The van der Waals surface area contributed by atoms with E-state index in [0.717, 1.165) is 11.8 Å². The predicted molar refractivity (Wildman–Crippen MR) is 83.4 cm³/mol. The van der Waals surface area contributed by atoms with Crippen molar-refractivity contribution in [1.29, 1.82) is 0 Å². The minimum atomic E-state index is -0.284. The van der Waals surface area contributed by atoms with Gasteiger partial charge in [0.05, 0.1) is 12.1 Å². The Bertz CT molecular complexity index is 624. The smallest absolute Gasteiger partial charge is 0.260 e. The molecule has 0 radical (unpaired) electrons.